The fourth-order valence-electron chi connectivity index (χ4n) is 3.15. The Morgan fingerprint density at radius 1 is 1.25 bits per heavy atom. The number of amides is 1. The number of rotatable bonds is 11. The van der Waals surface area contributed by atoms with Gasteiger partial charge in [-0.25, -0.2) is 19.2 Å². The second-order valence-electron chi connectivity index (χ2n) is 7.27. The van der Waals surface area contributed by atoms with E-state index < -0.39 is 23.1 Å². The third-order valence-electron chi connectivity index (χ3n) is 4.76. The SMILES string of the molecule is C=CC[C@@]1(C(=O)NNCc2cc(F)cc(F)c2)COC(c2ccc(OCCCO)cc2)=N1. The van der Waals surface area contributed by atoms with E-state index >= 15 is 0 Å². The van der Waals surface area contributed by atoms with E-state index in [0.717, 1.165) is 6.07 Å². The molecule has 1 atom stereocenters. The Morgan fingerprint density at radius 2 is 1.97 bits per heavy atom. The zero-order valence-corrected chi connectivity index (χ0v) is 17.4. The summed E-state index contributed by atoms with van der Waals surface area (Å²) in [7, 11) is 0. The fourth-order valence-corrected chi connectivity index (χ4v) is 3.15. The molecule has 1 heterocycles. The average molecular weight is 445 g/mol. The number of nitrogens with one attached hydrogen (secondary N) is 2. The van der Waals surface area contributed by atoms with Gasteiger partial charge in [0.05, 0.1) is 6.61 Å². The molecule has 1 aliphatic heterocycles. The van der Waals surface area contributed by atoms with Gasteiger partial charge in [-0.3, -0.25) is 10.2 Å². The number of ether oxygens (including phenoxy) is 2. The summed E-state index contributed by atoms with van der Waals surface area (Å²) in [4.78, 5) is 17.4. The molecule has 3 N–H and O–H groups in total. The second-order valence-corrected chi connectivity index (χ2v) is 7.27. The molecule has 3 rings (SSSR count). The van der Waals surface area contributed by atoms with Gasteiger partial charge in [0.15, 0.2) is 5.54 Å². The number of aliphatic hydroxyl groups excluding tert-OH is 1. The standard InChI is InChI=1S/C23H25F2N3O4/c1-2-8-23(22(30)28-26-14-16-11-18(24)13-19(25)12-16)15-32-21(27-23)17-4-6-20(7-5-17)31-10-3-9-29/h2,4-7,11-13,26,29H,1,3,8-10,14-15H2,(H,28,30)/t23-/m0/s1. The van der Waals surface area contributed by atoms with E-state index in [1.807, 2.05) is 0 Å². The number of carbonyl (C=O) groups excluding carboxylic acids is 1. The van der Waals surface area contributed by atoms with E-state index in [2.05, 4.69) is 22.4 Å². The van der Waals surface area contributed by atoms with Gasteiger partial charge < -0.3 is 14.6 Å². The molecule has 1 aliphatic rings. The molecule has 9 heteroatoms. The quantitative estimate of drug-likeness (QED) is 0.281. The van der Waals surface area contributed by atoms with Crippen LogP contribution >= 0.6 is 0 Å². The Kier molecular flexibility index (Phi) is 7.91. The molecule has 0 aromatic heterocycles. The monoisotopic (exact) mass is 445 g/mol. The first-order valence-electron chi connectivity index (χ1n) is 10.1. The van der Waals surface area contributed by atoms with Gasteiger partial charge in [-0.2, -0.15) is 0 Å². The maximum Gasteiger partial charge on any atom is 0.266 e. The van der Waals surface area contributed by atoms with Crippen molar-refractivity contribution in [1.82, 2.24) is 10.9 Å². The molecule has 2 aromatic carbocycles. The summed E-state index contributed by atoms with van der Waals surface area (Å²) in [6.45, 7) is 4.22. The van der Waals surface area contributed by atoms with Crippen LogP contribution < -0.4 is 15.6 Å². The molecule has 0 aliphatic carbocycles. The van der Waals surface area contributed by atoms with Crippen LogP contribution in [0.5, 0.6) is 5.75 Å². The number of aliphatic hydroxyl groups is 1. The Bertz CT molecular complexity index is 961. The van der Waals surface area contributed by atoms with Crippen LogP contribution in [0.4, 0.5) is 8.78 Å². The van der Waals surface area contributed by atoms with Crippen molar-refractivity contribution in [2.45, 2.75) is 24.9 Å². The van der Waals surface area contributed by atoms with E-state index in [-0.39, 0.29) is 26.2 Å². The Hall–Kier alpha value is -3.30. The van der Waals surface area contributed by atoms with Gasteiger partial charge in [0.2, 0.25) is 5.90 Å². The van der Waals surface area contributed by atoms with Crippen molar-refractivity contribution in [2.75, 3.05) is 19.8 Å². The smallest absolute Gasteiger partial charge is 0.266 e. The van der Waals surface area contributed by atoms with Gasteiger partial charge in [-0.1, -0.05) is 6.08 Å². The van der Waals surface area contributed by atoms with Crippen molar-refractivity contribution in [3.8, 4) is 5.75 Å². The lowest BCUT2D eigenvalue weighted by atomic mass is 9.97. The lowest BCUT2D eigenvalue weighted by Crippen LogP contribution is -2.51. The summed E-state index contributed by atoms with van der Waals surface area (Å²) >= 11 is 0. The third-order valence-corrected chi connectivity index (χ3v) is 4.76. The van der Waals surface area contributed by atoms with Gasteiger partial charge in [0.1, 0.15) is 24.0 Å². The van der Waals surface area contributed by atoms with Crippen LogP contribution in [-0.2, 0) is 16.1 Å². The minimum Gasteiger partial charge on any atom is -0.494 e. The number of carbonyl (C=O) groups is 1. The first-order valence-corrected chi connectivity index (χ1v) is 10.1. The normalized spacial score (nSPS) is 17.4. The molecule has 32 heavy (non-hydrogen) atoms. The minimum absolute atomic E-state index is 0.0191. The molecule has 170 valence electrons. The summed E-state index contributed by atoms with van der Waals surface area (Å²) in [5.74, 6) is -0.878. The van der Waals surface area contributed by atoms with Crippen LogP contribution in [0.2, 0.25) is 0 Å². The second kappa shape index (κ2) is 10.8. The highest BCUT2D eigenvalue weighted by molar-refractivity contribution is 6.00. The van der Waals surface area contributed by atoms with Gasteiger partial charge in [0, 0.05) is 37.6 Å². The maximum atomic E-state index is 13.3. The summed E-state index contributed by atoms with van der Waals surface area (Å²) in [6, 6.07) is 10.2. The highest BCUT2D eigenvalue weighted by Gasteiger charge is 2.43. The molecule has 0 radical (unpaired) electrons. The molecular weight excluding hydrogens is 420 g/mol. The number of hydrogen-bond donors (Lipinski definition) is 3. The molecule has 7 nitrogen and oxygen atoms in total. The number of aliphatic imine (C=N–C) groups is 1. The Labute approximate surface area is 184 Å². The summed E-state index contributed by atoms with van der Waals surface area (Å²) in [5.41, 5.74) is 5.02. The number of halogens is 2. The lowest BCUT2D eigenvalue weighted by Gasteiger charge is -2.21. The van der Waals surface area contributed by atoms with E-state index in [4.69, 9.17) is 14.6 Å². The molecule has 0 saturated heterocycles. The largest absolute Gasteiger partial charge is 0.494 e. The topological polar surface area (TPSA) is 92.2 Å². The van der Waals surface area contributed by atoms with Crippen molar-refractivity contribution in [3.63, 3.8) is 0 Å². The van der Waals surface area contributed by atoms with Crippen LogP contribution in [0.1, 0.15) is 24.0 Å². The molecule has 0 fully saturated rings. The van der Waals surface area contributed by atoms with Crippen molar-refractivity contribution in [3.05, 3.63) is 77.9 Å². The van der Waals surface area contributed by atoms with Crippen LogP contribution in [0, 0.1) is 11.6 Å². The molecule has 0 unspecified atom stereocenters. The molecule has 2 aromatic rings. The van der Waals surface area contributed by atoms with Crippen LogP contribution in [0.25, 0.3) is 0 Å². The Morgan fingerprint density at radius 3 is 2.62 bits per heavy atom. The van der Waals surface area contributed by atoms with Crippen LogP contribution in [0.15, 0.2) is 60.1 Å². The van der Waals surface area contributed by atoms with E-state index in [1.54, 1.807) is 30.3 Å². The van der Waals surface area contributed by atoms with Crippen LogP contribution in [0.3, 0.4) is 0 Å². The van der Waals surface area contributed by atoms with Gasteiger partial charge in [0.25, 0.3) is 5.91 Å². The predicted octanol–water partition coefficient (Wildman–Crippen LogP) is 2.64. The number of hydrazine groups is 1. The summed E-state index contributed by atoms with van der Waals surface area (Å²) in [5, 5.41) is 8.82. The third kappa shape index (κ3) is 5.89. The van der Waals surface area contributed by atoms with Gasteiger partial charge in [-0.15, -0.1) is 6.58 Å². The van der Waals surface area contributed by atoms with Crippen LogP contribution in [-0.4, -0.2) is 42.3 Å². The molecule has 1 amide bonds. The highest BCUT2D eigenvalue weighted by atomic mass is 19.1. The highest BCUT2D eigenvalue weighted by Crippen LogP contribution is 2.27. The van der Waals surface area contributed by atoms with Crippen molar-refractivity contribution < 1.29 is 28.2 Å². The molecule has 0 saturated carbocycles. The molecular formula is C23H25F2N3O4. The zero-order valence-electron chi connectivity index (χ0n) is 17.4. The van der Waals surface area contributed by atoms with E-state index in [0.29, 0.717) is 35.8 Å². The molecule has 0 spiro atoms. The van der Waals surface area contributed by atoms with E-state index in [9.17, 15) is 13.6 Å². The molecule has 0 bridgehead atoms. The number of nitrogens with zero attached hydrogens (tertiary/aromatic N) is 1. The maximum absolute atomic E-state index is 13.3. The first kappa shape index (κ1) is 23.4. The average Bonchev–Trinajstić information content (AvgIpc) is 3.19. The zero-order chi connectivity index (χ0) is 23.0. The van der Waals surface area contributed by atoms with Crippen molar-refractivity contribution >= 4 is 11.8 Å². The number of hydrogen-bond acceptors (Lipinski definition) is 6. The fraction of sp³-hybridized carbons (Fsp3) is 0.304. The van der Waals surface area contributed by atoms with Crippen molar-refractivity contribution in [1.29, 1.82) is 0 Å². The summed E-state index contributed by atoms with van der Waals surface area (Å²) in [6.07, 6.45) is 2.36. The minimum atomic E-state index is -1.21. The lowest BCUT2D eigenvalue weighted by molar-refractivity contribution is -0.127. The number of benzene rings is 2. The van der Waals surface area contributed by atoms with E-state index in [1.165, 1.54) is 12.1 Å². The Balaban J connectivity index is 1.65. The first-order chi connectivity index (χ1) is 15.5. The summed E-state index contributed by atoms with van der Waals surface area (Å²) < 4.78 is 37.8. The predicted molar refractivity (Wildman–Crippen MR) is 115 cm³/mol. The van der Waals surface area contributed by atoms with Gasteiger partial charge in [-0.05, 0) is 42.0 Å². The van der Waals surface area contributed by atoms with Gasteiger partial charge >= 0.3 is 0 Å². The van der Waals surface area contributed by atoms with Crippen molar-refractivity contribution in [2.24, 2.45) is 4.99 Å².